The molecule has 0 atom stereocenters. The number of Topliss-reactive ketones (excluding diaryl/α,β-unsaturated/α-hetero) is 1. The largest absolute Gasteiger partial charge is 0.294 e. The van der Waals surface area contributed by atoms with Gasteiger partial charge in [-0.1, -0.05) is 26.0 Å². The lowest BCUT2D eigenvalue weighted by Gasteiger charge is -2.12. The van der Waals surface area contributed by atoms with Crippen LogP contribution in [-0.2, 0) is 10.0 Å². The van der Waals surface area contributed by atoms with Gasteiger partial charge in [-0.05, 0) is 24.3 Å². The van der Waals surface area contributed by atoms with Gasteiger partial charge in [0.15, 0.2) is 5.78 Å². The fraction of sp³-hybridized carbons (Fsp3) is 0.188. The first-order valence-corrected chi connectivity index (χ1v) is 8.83. The quantitative estimate of drug-likeness (QED) is 0.717. The van der Waals surface area contributed by atoms with Crippen LogP contribution in [0.2, 0.25) is 0 Å². The van der Waals surface area contributed by atoms with Gasteiger partial charge < -0.3 is 0 Å². The Morgan fingerprint density at radius 3 is 2.62 bits per heavy atom. The molecule has 124 valence electrons. The summed E-state index contributed by atoms with van der Waals surface area (Å²) in [6.07, 6.45) is 2.75. The van der Waals surface area contributed by atoms with Gasteiger partial charge in [0, 0.05) is 17.7 Å². The number of carbonyl (C=O) groups is 1. The highest BCUT2D eigenvalue weighted by Gasteiger charge is 2.23. The van der Waals surface area contributed by atoms with E-state index < -0.39 is 10.0 Å². The van der Waals surface area contributed by atoms with Gasteiger partial charge in [0.1, 0.15) is 10.4 Å². The average Bonchev–Trinajstić information content (AvgIpc) is 2.99. The van der Waals surface area contributed by atoms with Crippen molar-refractivity contribution < 1.29 is 13.2 Å². The van der Waals surface area contributed by atoms with Gasteiger partial charge in [-0.25, -0.2) is 8.42 Å². The van der Waals surface area contributed by atoms with Crippen molar-refractivity contribution in [3.8, 4) is 0 Å². The maximum absolute atomic E-state index is 12.7. The molecule has 3 rings (SSSR count). The molecule has 2 aromatic heterocycles. The lowest BCUT2D eigenvalue weighted by atomic mass is 10.00. The number of aromatic nitrogens is 3. The van der Waals surface area contributed by atoms with Gasteiger partial charge in [0.25, 0.3) is 10.0 Å². The maximum atomic E-state index is 12.7. The number of carbonyl (C=O) groups excluding carboxylic acids is 1. The number of nitrogens with zero attached hydrogens (tertiary/aromatic N) is 3. The number of hydrogen-bond acceptors (Lipinski definition) is 5. The second-order valence-electron chi connectivity index (χ2n) is 5.58. The molecule has 0 aliphatic rings. The minimum Gasteiger partial charge on any atom is -0.294 e. The number of anilines is 1. The third-order valence-corrected chi connectivity index (χ3v) is 4.90. The van der Waals surface area contributed by atoms with Gasteiger partial charge in [-0.2, -0.15) is 14.8 Å². The average molecular weight is 344 g/mol. The monoisotopic (exact) mass is 344 g/mol. The topological polar surface area (TPSA) is 93.4 Å². The molecule has 0 fully saturated rings. The highest BCUT2D eigenvalue weighted by molar-refractivity contribution is 7.93. The number of benzene rings is 1. The molecule has 0 saturated carbocycles. The van der Waals surface area contributed by atoms with E-state index in [-0.39, 0.29) is 22.3 Å². The molecule has 0 amide bonds. The zero-order valence-corrected chi connectivity index (χ0v) is 14.0. The van der Waals surface area contributed by atoms with Crippen molar-refractivity contribution in [1.29, 1.82) is 0 Å². The summed E-state index contributed by atoms with van der Waals surface area (Å²) in [6.45, 7) is 3.54. The van der Waals surface area contributed by atoms with Crippen molar-refractivity contribution in [1.82, 2.24) is 14.8 Å². The molecular weight excluding hydrogens is 328 g/mol. The Kier molecular flexibility index (Phi) is 4.06. The van der Waals surface area contributed by atoms with Gasteiger partial charge in [0.05, 0.1) is 11.9 Å². The summed E-state index contributed by atoms with van der Waals surface area (Å²) >= 11 is 0. The fourth-order valence-electron chi connectivity index (χ4n) is 2.32. The van der Waals surface area contributed by atoms with Gasteiger partial charge >= 0.3 is 0 Å². The van der Waals surface area contributed by atoms with E-state index in [4.69, 9.17) is 0 Å². The van der Waals surface area contributed by atoms with Crippen molar-refractivity contribution in [3.63, 3.8) is 0 Å². The van der Waals surface area contributed by atoms with E-state index in [1.165, 1.54) is 17.0 Å². The zero-order chi connectivity index (χ0) is 17.3. The Bertz CT molecular complexity index is 1010. The van der Waals surface area contributed by atoms with E-state index in [0.29, 0.717) is 11.1 Å². The van der Waals surface area contributed by atoms with Crippen LogP contribution in [0.1, 0.15) is 24.2 Å². The Morgan fingerprint density at radius 2 is 1.88 bits per heavy atom. The van der Waals surface area contributed by atoms with Crippen molar-refractivity contribution >= 4 is 27.0 Å². The summed E-state index contributed by atoms with van der Waals surface area (Å²) in [4.78, 5) is 12.3. The molecule has 1 N–H and O–H groups in total. The molecule has 0 aliphatic heterocycles. The smallest absolute Gasteiger partial charge is 0.265 e. The second kappa shape index (κ2) is 6.04. The van der Waals surface area contributed by atoms with E-state index in [2.05, 4.69) is 14.9 Å². The molecular formula is C16H16N4O3S. The minimum absolute atomic E-state index is 0.00222. The Morgan fingerprint density at radius 1 is 1.12 bits per heavy atom. The van der Waals surface area contributed by atoms with Gasteiger partial charge in [-0.3, -0.25) is 9.52 Å². The number of para-hydroxylation sites is 1. The Hall–Kier alpha value is -2.74. The molecule has 1 aromatic carbocycles. The van der Waals surface area contributed by atoms with E-state index in [9.17, 15) is 13.2 Å². The van der Waals surface area contributed by atoms with Crippen molar-refractivity contribution in [2.45, 2.75) is 18.7 Å². The molecule has 2 heterocycles. The molecule has 0 unspecified atom stereocenters. The van der Waals surface area contributed by atoms with Crippen LogP contribution >= 0.6 is 0 Å². The third-order valence-electron chi connectivity index (χ3n) is 3.52. The molecule has 8 heteroatoms. The summed E-state index contributed by atoms with van der Waals surface area (Å²) in [5.41, 5.74) is 0.947. The number of nitrogens with one attached hydrogen (secondary N) is 1. The molecule has 24 heavy (non-hydrogen) atoms. The molecule has 3 aromatic rings. The first-order chi connectivity index (χ1) is 11.4. The summed E-state index contributed by atoms with van der Waals surface area (Å²) in [5.74, 6) is -0.369. The number of fused-ring (bicyclic) bond motifs is 1. The SMILES string of the molecule is CC(C)C(=O)c1ccccc1NS(=O)(=O)c1cnn2ncccc12. The van der Waals surface area contributed by atoms with Crippen LogP contribution in [0, 0.1) is 5.92 Å². The maximum Gasteiger partial charge on any atom is 0.265 e. The predicted octanol–water partition coefficient (Wildman–Crippen LogP) is 2.37. The number of sulfonamides is 1. The lowest BCUT2D eigenvalue weighted by Crippen LogP contribution is -2.17. The molecule has 0 radical (unpaired) electrons. The van der Waals surface area contributed by atoms with Crippen LogP contribution in [0.4, 0.5) is 5.69 Å². The van der Waals surface area contributed by atoms with E-state index >= 15 is 0 Å². The van der Waals surface area contributed by atoms with Crippen LogP contribution in [0.25, 0.3) is 5.52 Å². The minimum atomic E-state index is -3.90. The first kappa shape index (κ1) is 16.1. The van der Waals surface area contributed by atoms with Gasteiger partial charge in [-0.15, -0.1) is 0 Å². The molecule has 7 nitrogen and oxygen atoms in total. The lowest BCUT2D eigenvalue weighted by molar-refractivity contribution is 0.0940. The standard InChI is InChI=1S/C16H16N4O3S/c1-11(2)16(21)12-6-3-4-7-13(12)19-24(22,23)15-10-18-20-14(15)8-5-9-17-20/h3-11,19H,1-2H3. The summed E-state index contributed by atoms with van der Waals surface area (Å²) in [6, 6.07) is 9.79. The van der Waals surface area contributed by atoms with Crippen molar-refractivity contribution in [2.24, 2.45) is 5.92 Å². The number of ketones is 1. The Labute approximate surface area is 139 Å². The van der Waals surface area contributed by atoms with Crippen LogP contribution in [0.3, 0.4) is 0 Å². The molecule has 0 bridgehead atoms. The van der Waals surface area contributed by atoms with Crippen molar-refractivity contribution in [3.05, 3.63) is 54.4 Å². The summed E-state index contributed by atoms with van der Waals surface area (Å²) in [5, 5.41) is 7.88. The number of hydrogen-bond donors (Lipinski definition) is 1. The van der Waals surface area contributed by atoms with Gasteiger partial charge in [0.2, 0.25) is 0 Å². The molecule has 0 saturated heterocycles. The third kappa shape index (κ3) is 2.88. The second-order valence-corrected chi connectivity index (χ2v) is 7.23. The first-order valence-electron chi connectivity index (χ1n) is 7.35. The van der Waals surface area contributed by atoms with E-state index in [1.807, 2.05) is 0 Å². The highest BCUT2D eigenvalue weighted by atomic mass is 32.2. The molecule has 0 aliphatic carbocycles. The zero-order valence-electron chi connectivity index (χ0n) is 13.2. The van der Waals surface area contributed by atoms with Crippen LogP contribution in [0.5, 0.6) is 0 Å². The van der Waals surface area contributed by atoms with Crippen molar-refractivity contribution in [2.75, 3.05) is 4.72 Å². The number of rotatable bonds is 5. The van der Waals surface area contributed by atoms with Crippen LogP contribution in [-0.4, -0.2) is 29.0 Å². The van der Waals surface area contributed by atoms with Crippen LogP contribution in [0.15, 0.2) is 53.7 Å². The van der Waals surface area contributed by atoms with E-state index in [1.54, 1.807) is 50.2 Å². The summed E-state index contributed by atoms with van der Waals surface area (Å²) < 4.78 is 29.2. The van der Waals surface area contributed by atoms with Crippen LogP contribution < -0.4 is 4.72 Å². The Balaban J connectivity index is 2.04. The molecule has 0 spiro atoms. The highest BCUT2D eigenvalue weighted by Crippen LogP contribution is 2.24. The summed E-state index contributed by atoms with van der Waals surface area (Å²) in [7, 11) is -3.90. The predicted molar refractivity (Wildman–Crippen MR) is 89.4 cm³/mol. The normalized spacial score (nSPS) is 11.8. The fourth-order valence-corrected chi connectivity index (χ4v) is 3.50. The van der Waals surface area contributed by atoms with E-state index in [0.717, 1.165) is 0 Å².